The van der Waals surface area contributed by atoms with Crippen LogP contribution in [0.2, 0.25) is 5.02 Å². The highest BCUT2D eigenvalue weighted by atomic mass is 35.5. The quantitative estimate of drug-likeness (QED) is 0.550. The van der Waals surface area contributed by atoms with Gasteiger partial charge in [0.05, 0.1) is 0 Å². The molecule has 0 bridgehead atoms. The topological polar surface area (TPSA) is 9.23 Å². The summed E-state index contributed by atoms with van der Waals surface area (Å²) in [5, 5.41) is 0.702. The van der Waals surface area contributed by atoms with Crippen LogP contribution in [0, 0.1) is 0 Å². The molecular formula is C21H19ClO. The fraction of sp³-hybridized carbons (Fsp3) is 0.143. The van der Waals surface area contributed by atoms with Crippen molar-refractivity contribution in [2.24, 2.45) is 0 Å². The Hall–Kier alpha value is -2.09. The zero-order valence-electron chi connectivity index (χ0n) is 13.1. The van der Waals surface area contributed by atoms with Gasteiger partial charge in [0.15, 0.2) is 0 Å². The second-order valence-corrected chi connectivity index (χ2v) is 5.73. The lowest BCUT2D eigenvalue weighted by Gasteiger charge is -2.36. The van der Waals surface area contributed by atoms with Gasteiger partial charge in [-0.25, -0.2) is 0 Å². The van der Waals surface area contributed by atoms with E-state index < -0.39 is 5.60 Å². The predicted octanol–water partition coefficient (Wildman–Crippen LogP) is 5.67. The van der Waals surface area contributed by atoms with Crippen molar-refractivity contribution in [1.29, 1.82) is 0 Å². The average molecular weight is 323 g/mol. The van der Waals surface area contributed by atoms with Gasteiger partial charge in [0.25, 0.3) is 0 Å². The lowest BCUT2D eigenvalue weighted by atomic mass is 9.80. The normalized spacial score (nSPS) is 11.4. The van der Waals surface area contributed by atoms with Gasteiger partial charge in [0.1, 0.15) is 5.60 Å². The van der Waals surface area contributed by atoms with E-state index in [2.05, 4.69) is 24.3 Å². The molecule has 3 aromatic carbocycles. The summed E-state index contributed by atoms with van der Waals surface area (Å²) in [5.74, 6) is 0. The van der Waals surface area contributed by atoms with Crippen LogP contribution in [0.1, 0.15) is 23.6 Å². The zero-order chi connectivity index (χ0) is 16.1. The highest BCUT2D eigenvalue weighted by Crippen LogP contribution is 2.43. The van der Waals surface area contributed by atoms with Crippen LogP contribution in [0.4, 0.5) is 0 Å². The van der Waals surface area contributed by atoms with Crippen molar-refractivity contribution >= 4 is 11.6 Å². The molecule has 0 saturated heterocycles. The van der Waals surface area contributed by atoms with E-state index in [1.165, 1.54) is 0 Å². The van der Waals surface area contributed by atoms with E-state index in [0.717, 1.165) is 16.7 Å². The predicted molar refractivity (Wildman–Crippen MR) is 95.8 cm³/mol. The third-order valence-electron chi connectivity index (χ3n) is 3.97. The van der Waals surface area contributed by atoms with Gasteiger partial charge in [-0.1, -0.05) is 90.5 Å². The molecule has 0 atom stereocenters. The summed E-state index contributed by atoms with van der Waals surface area (Å²) >= 11 is 6.56. The Balaban J connectivity index is 2.34. The molecule has 0 fully saturated rings. The van der Waals surface area contributed by atoms with E-state index in [-0.39, 0.29) is 0 Å². The molecule has 116 valence electrons. The fourth-order valence-corrected chi connectivity index (χ4v) is 3.30. The third kappa shape index (κ3) is 2.90. The molecule has 23 heavy (non-hydrogen) atoms. The molecule has 3 rings (SSSR count). The summed E-state index contributed by atoms with van der Waals surface area (Å²) in [7, 11) is 0. The first-order valence-corrected chi connectivity index (χ1v) is 8.17. The Morgan fingerprint density at radius 3 is 1.70 bits per heavy atom. The number of rotatable bonds is 5. The van der Waals surface area contributed by atoms with Crippen molar-refractivity contribution in [3.8, 4) is 0 Å². The molecule has 2 heteroatoms. The standard InChI is InChI=1S/C21H19ClO/c1-2-23-21(17-11-5-3-6-12-17,18-13-7-4-8-14-18)19-15-9-10-16-20(19)22/h3-16H,2H2,1H3. The summed E-state index contributed by atoms with van der Waals surface area (Å²) < 4.78 is 6.38. The van der Waals surface area contributed by atoms with Gasteiger partial charge in [0.2, 0.25) is 0 Å². The van der Waals surface area contributed by atoms with E-state index in [1.54, 1.807) is 0 Å². The van der Waals surface area contributed by atoms with E-state index in [1.807, 2.05) is 67.6 Å². The lowest BCUT2D eigenvalue weighted by molar-refractivity contribution is 0.0216. The molecule has 0 radical (unpaired) electrons. The molecule has 0 spiro atoms. The van der Waals surface area contributed by atoms with Gasteiger partial charge in [-0.3, -0.25) is 0 Å². The van der Waals surface area contributed by atoms with Crippen LogP contribution in [-0.2, 0) is 10.3 Å². The first-order valence-electron chi connectivity index (χ1n) is 7.79. The van der Waals surface area contributed by atoms with Gasteiger partial charge >= 0.3 is 0 Å². The Morgan fingerprint density at radius 2 is 1.22 bits per heavy atom. The largest absolute Gasteiger partial charge is 0.361 e. The van der Waals surface area contributed by atoms with Gasteiger partial charge in [-0.2, -0.15) is 0 Å². The molecule has 0 aliphatic rings. The average Bonchev–Trinajstić information content (AvgIpc) is 2.62. The van der Waals surface area contributed by atoms with Crippen molar-refractivity contribution in [3.63, 3.8) is 0 Å². The fourth-order valence-electron chi connectivity index (χ4n) is 3.03. The monoisotopic (exact) mass is 322 g/mol. The maximum absolute atomic E-state index is 6.56. The van der Waals surface area contributed by atoms with Crippen LogP contribution in [0.15, 0.2) is 84.9 Å². The minimum absolute atomic E-state index is 0.578. The maximum Gasteiger partial charge on any atom is 0.145 e. The Bertz CT molecular complexity index is 714. The minimum Gasteiger partial charge on any atom is -0.361 e. The molecule has 0 saturated carbocycles. The number of benzene rings is 3. The van der Waals surface area contributed by atoms with Crippen LogP contribution in [0.3, 0.4) is 0 Å². The Labute approximate surface area is 142 Å². The van der Waals surface area contributed by atoms with Crippen LogP contribution >= 0.6 is 11.6 Å². The van der Waals surface area contributed by atoms with Crippen LogP contribution < -0.4 is 0 Å². The van der Waals surface area contributed by atoms with Crippen LogP contribution in [-0.4, -0.2) is 6.61 Å². The maximum atomic E-state index is 6.56. The number of halogens is 1. The van der Waals surface area contributed by atoms with Crippen molar-refractivity contribution in [1.82, 2.24) is 0 Å². The summed E-state index contributed by atoms with van der Waals surface area (Å²) in [4.78, 5) is 0. The first kappa shape index (κ1) is 15.8. The second kappa shape index (κ2) is 6.99. The molecule has 0 amide bonds. The van der Waals surface area contributed by atoms with Crippen LogP contribution in [0.5, 0.6) is 0 Å². The van der Waals surface area contributed by atoms with Crippen molar-refractivity contribution in [3.05, 3.63) is 107 Å². The van der Waals surface area contributed by atoms with Gasteiger partial charge in [0, 0.05) is 17.2 Å². The molecule has 0 unspecified atom stereocenters. The van der Waals surface area contributed by atoms with Crippen LogP contribution in [0.25, 0.3) is 0 Å². The lowest BCUT2D eigenvalue weighted by Crippen LogP contribution is -2.33. The highest BCUT2D eigenvalue weighted by molar-refractivity contribution is 6.31. The van der Waals surface area contributed by atoms with E-state index >= 15 is 0 Å². The van der Waals surface area contributed by atoms with E-state index in [9.17, 15) is 0 Å². The number of hydrogen-bond donors (Lipinski definition) is 0. The molecule has 1 nitrogen and oxygen atoms in total. The summed E-state index contributed by atoms with van der Waals surface area (Å²) in [5.41, 5.74) is 2.39. The Morgan fingerprint density at radius 1 is 0.739 bits per heavy atom. The Kier molecular flexibility index (Phi) is 4.80. The SMILES string of the molecule is CCOC(c1ccccc1)(c1ccccc1)c1ccccc1Cl. The molecule has 0 aromatic heterocycles. The van der Waals surface area contributed by atoms with Gasteiger partial charge in [-0.05, 0) is 24.1 Å². The third-order valence-corrected chi connectivity index (χ3v) is 4.30. The van der Waals surface area contributed by atoms with Gasteiger partial charge < -0.3 is 4.74 Å². The minimum atomic E-state index is -0.713. The molecule has 0 aliphatic carbocycles. The number of ether oxygens (including phenoxy) is 1. The van der Waals surface area contributed by atoms with E-state index in [4.69, 9.17) is 16.3 Å². The molecule has 0 N–H and O–H groups in total. The smallest absolute Gasteiger partial charge is 0.145 e. The zero-order valence-corrected chi connectivity index (χ0v) is 13.8. The molecule has 3 aromatic rings. The van der Waals surface area contributed by atoms with Gasteiger partial charge in [-0.15, -0.1) is 0 Å². The first-order chi connectivity index (χ1) is 11.3. The summed E-state index contributed by atoms with van der Waals surface area (Å²) in [6.45, 7) is 2.59. The highest BCUT2D eigenvalue weighted by Gasteiger charge is 2.38. The van der Waals surface area contributed by atoms with E-state index in [0.29, 0.717) is 11.6 Å². The molecular weight excluding hydrogens is 304 g/mol. The number of hydrogen-bond acceptors (Lipinski definition) is 1. The van der Waals surface area contributed by atoms with Crippen molar-refractivity contribution < 1.29 is 4.74 Å². The molecule has 0 aliphatic heterocycles. The second-order valence-electron chi connectivity index (χ2n) is 5.33. The molecule has 0 heterocycles. The summed E-state index contributed by atoms with van der Waals surface area (Å²) in [6.07, 6.45) is 0. The van der Waals surface area contributed by atoms with Crippen molar-refractivity contribution in [2.75, 3.05) is 6.61 Å². The van der Waals surface area contributed by atoms with Crippen molar-refractivity contribution in [2.45, 2.75) is 12.5 Å². The summed E-state index contributed by atoms with van der Waals surface area (Å²) in [6, 6.07) is 28.4.